The molecule has 0 heterocycles. The van der Waals surface area contributed by atoms with Crippen molar-refractivity contribution in [2.75, 3.05) is 40.0 Å². The molecule has 7 nitrogen and oxygen atoms in total. The van der Waals surface area contributed by atoms with Crippen LogP contribution in [0.25, 0.3) is 0 Å². The van der Waals surface area contributed by atoms with Gasteiger partial charge in [0, 0.05) is 20.2 Å². The van der Waals surface area contributed by atoms with Gasteiger partial charge in [0.25, 0.3) is 0 Å². The minimum atomic E-state index is -1.24. The quantitative estimate of drug-likeness (QED) is 0.600. The molecule has 7 heteroatoms. The van der Waals surface area contributed by atoms with Crippen LogP contribution in [0.1, 0.15) is 20.8 Å². The monoisotopic (exact) mass is 276 g/mol. The molecule has 0 spiro atoms. The average molecular weight is 276 g/mol. The Morgan fingerprint density at radius 1 is 1.26 bits per heavy atom. The van der Waals surface area contributed by atoms with Gasteiger partial charge in [0.15, 0.2) is 0 Å². The van der Waals surface area contributed by atoms with Crippen molar-refractivity contribution in [3.63, 3.8) is 0 Å². The predicted molar refractivity (Wildman–Crippen MR) is 70.2 cm³/mol. The van der Waals surface area contributed by atoms with Crippen LogP contribution in [-0.4, -0.2) is 67.6 Å². The molecule has 0 radical (unpaired) electrons. The molecule has 2 N–H and O–H groups in total. The van der Waals surface area contributed by atoms with E-state index >= 15 is 0 Å². The van der Waals surface area contributed by atoms with E-state index in [1.54, 1.807) is 14.0 Å². The average Bonchev–Trinajstić information content (AvgIpc) is 2.34. The Kier molecular flexibility index (Phi) is 8.09. The maximum atomic E-state index is 11.9. The highest BCUT2D eigenvalue weighted by atomic mass is 16.5. The van der Waals surface area contributed by atoms with Crippen LogP contribution in [-0.2, 0) is 14.3 Å². The smallest absolute Gasteiger partial charge is 0.329 e. The highest BCUT2D eigenvalue weighted by molar-refractivity contribution is 5.85. The lowest BCUT2D eigenvalue weighted by atomic mass is 10.0. The Hall–Kier alpha value is -1.34. The molecule has 0 aliphatic carbocycles. The molecule has 0 aromatic heterocycles. The summed E-state index contributed by atoms with van der Waals surface area (Å²) in [5, 5.41) is 11.7. The number of carboxylic acid groups (broad SMARTS) is 1. The number of hydrogen-bond acceptors (Lipinski definition) is 4. The third kappa shape index (κ3) is 5.89. The minimum absolute atomic E-state index is 0.315. The van der Waals surface area contributed by atoms with Crippen molar-refractivity contribution in [1.82, 2.24) is 10.2 Å². The van der Waals surface area contributed by atoms with E-state index in [9.17, 15) is 9.59 Å². The molecule has 0 saturated carbocycles. The summed E-state index contributed by atoms with van der Waals surface area (Å²) in [6, 6.07) is -0.412. The van der Waals surface area contributed by atoms with Crippen molar-refractivity contribution in [1.29, 1.82) is 0 Å². The van der Waals surface area contributed by atoms with Gasteiger partial charge < -0.3 is 24.8 Å². The molecule has 19 heavy (non-hydrogen) atoms. The summed E-state index contributed by atoms with van der Waals surface area (Å²) in [4.78, 5) is 24.3. The summed E-state index contributed by atoms with van der Waals surface area (Å²) in [7, 11) is 1.58. The van der Waals surface area contributed by atoms with Crippen LogP contribution in [0.3, 0.4) is 0 Å². The van der Waals surface area contributed by atoms with Crippen molar-refractivity contribution in [3.8, 4) is 0 Å². The van der Waals surface area contributed by atoms with E-state index in [4.69, 9.17) is 14.6 Å². The number of carbonyl (C=O) groups is 2. The Labute approximate surface area is 113 Å². The molecule has 0 aliphatic rings. The van der Waals surface area contributed by atoms with Gasteiger partial charge in [-0.1, -0.05) is 0 Å². The van der Waals surface area contributed by atoms with Gasteiger partial charge in [0.1, 0.15) is 5.54 Å². The molecule has 0 saturated heterocycles. The number of carboxylic acids is 1. The number of urea groups is 1. The van der Waals surface area contributed by atoms with Crippen molar-refractivity contribution >= 4 is 12.0 Å². The van der Waals surface area contributed by atoms with Gasteiger partial charge in [-0.25, -0.2) is 9.59 Å². The van der Waals surface area contributed by atoms with E-state index in [1.807, 2.05) is 0 Å². The zero-order valence-corrected chi connectivity index (χ0v) is 12.1. The molecular formula is C12H24N2O5. The zero-order valence-electron chi connectivity index (χ0n) is 12.1. The minimum Gasteiger partial charge on any atom is -0.480 e. The van der Waals surface area contributed by atoms with Crippen LogP contribution >= 0.6 is 0 Å². The van der Waals surface area contributed by atoms with Crippen LogP contribution in [0.4, 0.5) is 4.79 Å². The summed E-state index contributed by atoms with van der Waals surface area (Å²) in [6.07, 6.45) is 0. The second-order valence-electron chi connectivity index (χ2n) is 4.45. The maximum Gasteiger partial charge on any atom is 0.329 e. The fraction of sp³-hybridized carbons (Fsp3) is 0.833. The third-order valence-electron chi connectivity index (χ3n) is 2.71. The zero-order chi connectivity index (χ0) is 14.9. The van der Waals surface area contributed by atoms with E-state index in [2.05, 4.69) is 5.32 Å². The number of aliphatic carboxylic acids is 1. The van der Waals surface area contributed by atoms with Gasteiger partial charge >= 0.3 is 12.0 Å². The van der Waals surface area contributed by atoms with Crippen molar-refractivity contribution in [2.45, 2.75) is 26.3 Å². The van der Waals surface area contributed by atoms with Gasteiger partial charge in [-0.15, -0.1) is 0 Å². The fourth-order valence-corrected chi connectivity index (χ4v) is 1.48. The maximum absolute atomic E-state index is 11.9. The summed E-state index contributed by atoms with van der Waals surface area (Å²) in [6.45, 7) is 6.69. The van der Waals surface area contributed by atoms with Crippen LogP contribution in [0, 0.1) is 0 Å². The number of nitrogens with zero attached hydrogens (tertiary/aromatic N) is 1. The lowest BCUT2D eigenvalue weighted by molar-refractivity contribution is -0.147. The van der Waals surface area contributed by atoms with Crippen molar-refractivity contribution in [3.05, 3.63) is 0 Å². The second-order valence-corrected chi connectivity index (χ2v) is 4.45. The topological polar surface area (TPSA) is 88.1 Å². The molecule has 0 aromatic rings. The highest BCUT2D eigenvalue weighted by Gasteiger charge is 2.36. The van der Waals surface area contributed by atoms with Gasteiger partial charge in [-0.3, -0.25) is 0 Å². The van der Waals surface area contributed by atoms with Gasteiger partial charge in [-0.2, -0.15) is 0 Å². The van der Waals surface area contributed by atoms with E-state index in [-0.39, 0.29) is 0 Å². The van der Waals surface area contributed by atoms with E-state index in [0.29, 0.717) is 32.9 Å². The molecule has 0 aliphatic heterocycles. The molecule has 112 valence electrons. The molecule has 0 fully saturated rings. The lowest BCUT2D eigenvalue weighted by Gasteiger charge is -2.34. The number of nitrogens with one attached hydrogen (secondary N) is 1. The Bertz CT molecular complexity index is 294. The first-order valence-corrected chi connectivity index (χ1v) is 6.23. The molecular weight excluding hydrogens is 252 g/mol. The number of hydrogen-bond donors (Lipinski definition) is 2. The number of amides is 2. The van der Waals surface area contributed by atoms with Crippen LogP contribution in [0.2, 0.25) is 0 Å². The van der Waals surface area contributed by atoms with Gasteiger partial charge in [-0.05, 0) is 20.8 Å². The molecule has 0 unspecified atom stereocenters. The first kappa shape index (κ1) is 17.7. The summed E-state index contributed by atoms with van der Waals surface area (Å²) in [5.74, 6) is -1.04. The van der Waals surface area contributed by atoms with Crippen LogP contribution < -0.4 is 5.32 Å². The van der Waals surface area contributed by atoms with Gasteiger partial charge in [0.2, 0.25) is 0 Å². The summed E-state index contributed by atoms with van der Waals surface area (Å²) >= 11 is 0. The SMILES string of the molecule is CCN(C(=O)NCCOCCOC)C(C)(C)C(=O)O. The van der Waals surface area contributed by atoms with E-state index < -0.39 is 17.5 Å². The molecule has 0 rings (SSSR count). The largest absolute Gasteiger partial charge is 0.480 e. The van der Waals surface area contributed by atoms with Gasteiger partial charge in [0.05, 0.1) is 19.8 Å². The molecule has 0 aromatic carbocycles. The Morgan fingerprint density at radius 2 is 1.89 bits per heavy atom. The third-order valence-corrected chi connectivity index (χ3v) is 2.71. The van der Waals surface area contributed by atoms with E-state index in [1.165, 1.54) is 18.7 Å². The highest BCUT2D eigenvalue weighted by Crippen LogP contribution is 2.14. The Morgan fingerprint density at radius 3 is 2.37 bits per heavy atom. The summed E-state index contributed by atoms with van der Waals surface area (Å²) in [5.41, 5.74) is -1.24. The first-order chi connectivity index (χ1) is 8.87. The van der Waals surface area contributed by atoms with Crippen LogP contribution in [0.15, 0.2) is 0 Å². The van der Waals surface area contributed by atoms with E-state index in [0.717, 1.165) is 0 Å². The Balaban J connectivity index is 4.13. The number of rotatable bonds is 9. The number of ether oxygens (including phenoxy) is 2. The predicted octanol–water partition coefficient (Wildman–Crippen LogP) is 0.544. The molecule has 2 amide bonds. The summed E-state index contributed by atoms with van der Waals surface area (Å²) < 4.78 is 10.0. The number of carbonyl (C=O) groups excluding carboxylic acids is 1. The fourth-order valence-electron chi connectivity index (χ4n) is 1.48. The first-order valence-electron chi connectivity index (χ1n) is 6.23. The molecule has 0 bridgehead atoms. The molecule has 0 atom stereocenters. The number of likely N-dealkylation sites (N-methyl/N-ethyl adjacent to an activating group) is 1. The lowest BCUT2D eigenvalue weighted by Crippen LogP contribution is -2.56. The normalized spacial score (nSPS) is 11.2. The number of methoxy groups -OCH3 is 1. The second kappa shape index (κ2) is 8.71. The van der Waals surface area contributed by atoms with Crippen molar-refractivity contribution in [2.24, 2.45) is 0 Å². The van der Waals surface area contributed by atoms with Crippen LogP contribution in [0.5, 0.6) is 0 Å². The van der Waals surface area contributed by atoms with Crippen molar-refractivity contribution < 1.29 is 24.2 Å². The standard InChI is InChI=1S/C12H24N2O5/c1-5-14(12(2,3)10(15)16)11(17)13-6-7-19-9-8-18-4/h5-9H2,1-4H3,(H,13,17)(H,15,16).